The number of aliphatic hydroxyl groups excluding tert-OH is 1. The lowest BCUT2D eigenvalue weighted by atomic mass is 10.2. The lowest BCUT2D eigenvalue weighted by Gasteiger charge is -2.07. The van der Waals surface area contributed by atoms with Crippen molar-refractivity contribution in [1.29, 1.82) is 0 Å². The molecular formula is C11H12FN3O. The van der Waals surface area contributed by atoms with Gasteiger partial charge in [-0.2, -0.15) is 0 Å². The van der Waals surface area contributed by atoms with Crippen molar-refractivity contribution < 1.29 is 9.50 Å². The van der Waals surface area contributed by atoms with Crippen molar-refractivity contribution in [2.45, 2.75) is 20.5 Å². The van der Waals surface area contributed by atoms with E-state index in [0.717, 1.165) is 11.4 Å². The SMILES string of the molecule is Cc1ncn(-c2nccc(CO)c2F)c1C. The molecular weight excluding hydrogens is 209 g/mol. The molecule has 0 amide bonds. The average molecular weight is 221 g/mol. The van der Waals surface area contributed by atoms with E-state index in [-0.39, 0.29) is 18.0 Å². The van der Waals surface area contributed by atoms with Gasteiger partial charge in [0.25, 0.3) is 0 Å². The highest BCUT2D eigenvalue weighted by atomic mass is 19.1. The molecule has 2 rings (SSSR count). The van der Waals surface area contributed by atoms with E-state index in [1.54, 1.807) is 4.57 Å². The molecule has 0 aliphatic heterocycles. The fourth-order valence-electron chi connectivity index (χ4n) is 1.47. The highest BCUT2D eigenvalue weighted by molar-refractivity contribution is 5.33. The molecule has 0 saturated carbocycles. The molecule has 4 nitrogen and oxygen atoms in total. The third-order valence-corrected chi connectivity index (χ3v) is 2.60. The number of aryl methyl sites for hydroxylation is 1. The van der Waals surface area contributed by atoms with Gasteiger partial charge < -0.3 is 5.11 Å². The maximum Gasteiger partial charge on any atom is 0.174 e. The average Bonchev–Trinajstić information content (AvgIpc) is 2.61. The smallest absolute Gasteiger partial charge is 0.174 e. The van der Waals surface area contributed by atoms with Crippen LogP contribution in [0.3, 0.4) is 0 Å². The van der Waals surface area contributed by atoms with Crippen LogP contribution in [0.5, 0.6) is 0 Å². The van der Waals surface area contributed by atoms with Crippen LogP contribution in [0.1, 0.15) is 17.0 Å². The van der Waals surface area contributed by atoms with Crippen LogP contribution in [-0.2, 0) is 6.61 Å². The number of halogens is 1. The first kappa shape index (κ1) is 10.8. The standard InChI is InChI=1S/C11H12FN3O/c1-7-8(2)15(6-14-7)11-10(12)9(5-16)3-4-13-11/h3-4,6,16H,5H2,1-2H3. The van der Waals surface area contributed by atoms with E-state index in [4.69, 9.17) is 5.11 Å². The molecule has 2 heterocycles. The molecule has 2 aromatic heterocycles. The first-order chi connectivity index (χ1) is 7.65. The van der Waals surface area contributed by atoms with Gasteiger partial charge in [-0.15, -0.1) is 0 Å². The number of rotatable bonds is 2. The number of hydrogen-bond acceptors (Lipinski definition) is 3. The topological polar surface area (TPSA) is 50.9 Å². The summed E-state index contributed by atoms with van der Waals surface area (Å²) in [4.78, 5) is 8.05. The number of hydrogen-bond donors (Lipinski definition) is 1. The minimum atomic E-state index is -0.509. The first-order valence-electron chi connectivity index (χ1n) is 4.90. The fraction of sp³-hybridized carbons (Fsp3) is 0.273. The van der Waals surface area contributed by atoms with E-state index in [1.165, 1.54) is 18.6 Å². The van der Waals surface area contributed by atoms with Gasteiger partial charge in [0, 0.05) is 17.5 Å². The molecule has 0 spiro atoms. The number of pyridine rings is 1. The van der Waals surface area contributed by atoms with Gasteiger partial charge in [0.1, 0.15) is 6.33 Å². The van der Waals surface area contributed by atoms with Crippen LogP contribution in [0.4, 0.5) is 4.39 Å². The molecule has 0 radical (unpaired) electrons. The molecule has 0 aromatic carbocycles. The van der Waals surface area contributed by atoms with Gasteiger partial charge in [-0.1, -0.05) is 0 Å². The Bertz CT molecular complexity index is 522. The van der Waals surface area contributed by atoms with Gasteiger partial charge >= 0.3 is 0 Å². The van der Waals surface area contributed by atoms with Crippen molar-refractivity contribution in [3.05, 3.63) is 41.4 Å². The maximum absolute atomic E-state index is 13.9. The van der Waals surface area contributed by atoms with Crippen LogP contribution in [0, 0.1) is 19.7 Å². The highest BCUT2D eigenvalue weighted by Crippen LogP contribution is 2.17. The monoisotopic (exact) mass is 221 g/mol. The summed E-state index contributed by atoms with van der Waals surface area (Å²) < 4.78 is 15.4. The predicted molar refractivity (Wildman–Crippen MR) is 56.7 cm³/mol. The molecule has 0 bridgehead atoms. The van der Waals surface area contributed by atoms with Gasteiger partial charge in [0.2, 0.25) is 0 Å². The maximum atomic E-state index is 13.9. The van der Waals surface area contributed by atoms with Crippen LogP contribution in [0.15, 0.2) is 18.6 Å². The van der Waals surface area contributed by atoms with Gasteiger partial charge in [-0.25, -0.2) is 14.4 Å². The normalized spacial score (nSPS) is 10.8. The van der Waals surface area contributed by atoms with Crippen LogP contribution in [0.25, 0.3) is 5.82 Å². The number of nitrogens with zero attached hydrogens (tertiary/aromatic N) is 3. The van der Waals surface area contributed by atoms with Crippen molar-refractivity contribution in [2.24, 2.45) is 0 Å². The summed E-state index contributed by atoms with van der Waals surface area (Å²) in [5.74, 6) is -0.338. The molecule has 1 N–H and O–H groups in total. The molecule has 0 atom stereocenters. The fourth-order valence-corrected chi connectivity index (χ4v) is 1.47. The van der Waals surface area contributed by atoms with E-state index < -0.39 is 5.82 Å². The summed E-state index contributed by atoms with van der Waals surface area (Å²) in [6.45, 7) is 3.35. The lowest BCUT2D eigenvalue weighted by Crippen LogP contribution is -2.04. The summed E-state index contributed by atoms with van der Waals surface area (Å²) in [6, 6.07) is 1.46. The Morgan fingerprint density at radius 1 is 1.38 bits per heavy atom. The van der Waals surface area contributed by atoms with Crippen molar-refractivity contribution in [1.82, 2.24) is 14.5 Å². The zero-order chi connectivity index (χ0) is 11.7. The first-order valence-corrected chi connectivity index (χ1v) is 4.90. The van der Waals surface area contributed by atoms with Gasteiger partial charge in [0.05, 0.1) is 12.3 Å². The summed E-state index contributed by atoms with van der Waals surface area (Å²) in [5.41, 5.74) is 1.90. The molecule has 0 aliphatic rings. The minimum Gasteiger partial charge on any atom is -0.392 e. The second-order valence-electron chi connectivity index (χ2n) is 3.55. The Hall–Kier alpha value is -1.75. The second-order valence-corrected chi connectivity index (χ2v) is 3.55. The van der Waals surface area contributed by atoms with E-state index in [1.807, 2.05) is 13.8 Å². The molecule has 16 heavy (non-hydrogen) atoms. The zero-order valence-electron chi connectivity index (χ0n) is 9.11. The van der Waals surface area contributed by atoms with E-state index >= 15 is 0 Å². The second kappa shape index (κ2) is 4.02. The lowest BCUT2D eigenvalue weighted by molar-refractivity contribution is 0.275. The van der Waals surface area contributed by atoms with Gasteiger partial charge in [-0.3, -0.25) is 4.57 Å². The minimum absolute atomic E-state index is 0.171. The predicted octanol–water partition coefficient (Wildman–Crippen LogP) is 1.52. The Labute approximate surface area is 92.4 Å². The molecule has 0 aliphatic carbocycles. The molecule has 0 fully saturated rings. The van der Waals surface area contributed by atoms with Gasteiger partial charge in [0.15, 0.2) is 11.6 Å². The Morgan fingerprint density at radius 3 is 2.69 bits per heavy atom. The summed E-state index contributed by atoms with van der Waals surface area (Å²) in [7, 11) is 0. The summed E-state index contributed by atoms with van der Waals surface area (Å²) in [5, 5.41) is 8.97. The third-order valence-electron chi connectivity index (χ3n) is 2.60. The summed E-state index contributed by atoms with van der Waals surface area (Å²) >= 11 is 0. The Kier molecular flexibility index (Phi) is 2.70. The molecule has 0 saturated heterocycles. The largest absolute Gasteiger partial charge is 0.392 e. The van der Waals surface area contributed by atoms with Crippen molar-refractivity contribution in [3.63, 3.8) is 0 Å². The van der Waals surface area contributed by atoms with E-state index in [0.29, 0.717) is 0 Å². The quantitative estimate of drug-likeness (QED) is 0.836. The molecule has 0 unspecified atom stereocenters. The number of imidazole rings is 1. The Morgan fingerprint density at radius 2 is 2.12 bits per heavy atom. The zero-order valence-corrected chi connectivity index (χ0v) is 9.11. The van der Waals surface area contributed by atoms with Crippen molar-refractivity contribution in [3.8, 4) is 5.82 Å². The van der Waals surface area contributed by atoms with E-state index in [2.05, 4.69) is 9.97 Å². The van der Waals surface area contributed by atoms with Crippen LogP contribution >= 0.6 is 0 Å². The Balaban J connectivity index is 2.60. The molecule has 2 aromatic rings. The number of aromatic nitrogens is 3. The number of aliphatic hydroxyl groups is 1. The third kappa shape index (κ3) is 1.59. The van der Waals surface area contributed by atoms with Crippen LogP contribution in [0.2, 0.25) is 0 Å². The van der Waals surface area contributed by atoms with Crippen molar-refractivity contribution >= 4 is 0 Å². The van der Waals surface area contributed by atoms with Crippen LogP contribution in [-0.4, -0.2) is 19.6 Å². The molecule has 5 heteroatoms. The highest BCUT2D eigenvalue weighted by Gasteiger charge is 2.13. The van der Waals surface area contributed by atoms with Gasteiger partial charge in [-0.05, 0) is 19.9 Å². The molecule has 84 valence electrons. The van der Waals surface area contributed by atoms with Crippen LogP contribution < -0.4 is 0 Å². The van der Waals surface area contributed by atoms with Crippen molar-refractivity contribution in [2.75, 3.05) is 0 Å². The van der Waals surface area contributed by atoms with E-state index in [9.17, 15) is 4.39 Å². The summed E-state index contributed by atoms with van der Waals surface area (Å²) in [6.07, 6.45) is 3.00.